The van der Waals surface area contributed by atoms with Crippen molar-refractivity contribution >= 4 is 65.1 Å². The van der Waals surface area contributed by atoms with Gasteiger partial charge in [-0.3, -0.25) is 52.7 Å². The Hall–Kier alpha value is -7.79. The first kappa shape index (κ1) is 53.5. The van der Waals surface area contributed by atoms with Gasteiger partial charge >= 0.3 is 11.9 Å². The fraction of sp³-hybridized carbons (Fsp3) is 0.465. The minimum atomic E-state index is -1.96. The molecule has 0 radical (unpaired) electrons. The number of primary amides is 1. The molecule has 24 heteroatoms. The van der Waals surface area contributed by atoms with Gasteiger partial charge in [-0.1, -0.05) is 38.1 Å². The molecular weight excluding hydrogens is 883 g/mol. The molecule has 9 amide bonds. The van der Waals surface area contributed by atoms with E-state index in [0.717, 1.165) is 0 Å². The Morgan fingerprint density at radius 2 is 1.07 bits per heavy atom. The van der Waals surface area contributed by atoms with E-state index in [4.69, 9.17) is 5.73 Å². The van der Waals surface area contributed by atoms with Crippen LogP contribution < -0.4 is 48.3 Å². The van der Waals surface area contributed by atoms with E-state index in [1.54, 1.807) is 13.8 Å². The second-order valence-corrected chi connectivity index (χ2v) is 16.3. The molecule has 24 nitrogen and oxygen atoms in total. The van der Waals surface area contributed by atoms with E-state index in [-0.39, 0.29) is 36.7 Å². The minimum absolute atomic E-state index is 0.0361. The number of aliphatic carboxylic acids is 2. The summed E-state index contributed by atoms with van der Waals surface area (Å²) in [5, 5.41) is 57.8. The van der Waals surface area contributed by atoms with Crippen molar-refractivity contribution in [2.75, 3.05) is 6.54 Å². The van der Waals surface area contributed by atoms with Crippen LogP contribution in [0.3, 0.4) is 0 Å². The molecule has 0 aromatic heterocycles. The largest absolute Gasteiger partial charge is 0.508 e. The summed E-state index contributed by atoms with van der Waals surface area (Å²) in [7, 11) is 0. The fourth-order valence-corrected chi connectivity index (χ4v) is 6.63. The van der Waals surface area contributed by atoms with Crippen LogP contribution in [0.15, 0.2) is 48.5 Å². The van der Waals surface area contributed by atoms with E-state index in [0.29, 0.717) is 11.1 Å². The number of carbonyl (C=O) groups excluding carboxylic acids is 9. The third-order valence-electron chi connectivity index (χ3n) is 10.2. The molecule has 364 valence electrons. The summed E-state index contributed by atoms with van der Waals surface area (Å²) in [5.74, 6) is -12.5. The molecule has 1 saturated heterocycles. The standard InChI is InChI=1S/C43H57N9O15/c1-21(2)16-29-40(64)46-22(3)38(62)49-27(37(44)61)12-14-33(55)47-30(17-23-4-8-25(53)9-5-23)41(65)51-31(18-24-6-10-26(54)11-7-24)42(66)52-32(19-36(59)60)43(67)50-28(13-15-35(57)58)39(63)45-20-34(56)48-29/h4-11,21-22,27-32,53-54H,12-20H2,1-3H3,(H2,44,61)(H,45,63)(H,46,64)(H,47,55)(H,48,56)(H,49,62)(H,50,67)(H,51,65)(H,52,66)(H,57,58)(H,59,60)/t22-,27-,28-,29-,30-,31-,32-/m0/s1. The van der Waals surface area contributed by atoms with Crippen molar-refractivity contribution < 1.29 is 73.2 Å². The van der Waals surface area contributed by atoms with Crippen molar-refractivity contribution in [2.45, 2.75) is 114 Å². The summed E-state index contributed by atoms with van der Waals surface area (Å²) in [6.45, 7) is 3.92. The molecule has 0 bridgehead atoms. The van der Waals surface area contributed by atoms with Gasteiger partial charge in [-0.15, -0.1) is 0 Å². The number of phenolic OH excluding ortho intramolecular Hbond substituents is 2. The van der Waals surface area contributed by atoms with Gasteiger partial charge in [-0.25, -0.2) is 0 Å². The molecule has 67 heavy (non-hydrogen) atoms. The van der Waals surface area contributed by atoms with Crippen LogP contribution in [0.5, 0.6) is 11.5 Å². The number of aromatic hydroxyl groups is 2. The molecule has 0 unspecified atom stereocenters. The maximum absolute atomic E-state index is 14.2. The summed E-state index contributed by atoms with van der Waals surface area (Å²) in [5.41, 5.74) is 6.30. The minimum Gasteiger partial charge on any atom is -0.508 e. The number of hydrogen-bond donors (Lipinski definition) is 13. The Balaban J connectivity index is 2.10. The highest BCUT2D eigenvalue weighted by Gasteiger charge is 2.34. The summed E-state index contributed by atoms with van der Waals surface area (Å²) < 4.78 is 0. The SMILES string of the molecule is CC(C)C[C@@H]1NC(=O)CNC(=O)[C@H](CCC(=O)O)NC(=O)[C@H](CC(=O)O)NC(=O)[C@H](Cc2ccc(O)cc2)NC(=O)[C@H](Cc2ccc(O)cc2)NC(=O)CC[C@@H](C(N)=O)NC(=O)[C@H](C)NC1=O. The first-order valence-corrected chi connectivity index (χ1v) is 21.2. The third-order valence-corrected chi connectivity index (χ3v) is 10.2. The molecule has 3 rings (SSSR count). The maximum atomic E-state index is 14.2. The van der Waals surface area contributed by atoms with Crippen LogP contribution in [0.1, 0.15) is 70.4 Å². The van der Waals surface area contributed by atoms with E-state index >= 15 is 0 Å². The van der Waals surface area contributed by atoms with Gasteiger partial charge in [0.1, 0.15) is 53.8 Å². The number of phenols is 2. The van der Waals surface area contributed by atoms with Crippen molar-refractivity contribution in [1.82, 2.24) is 42.5 Å². The molecule has 0 spiro atoms. The summed E-state index contributed by atoms with van der Waals surface area (Å²) >= 11 is 0. The molecule has 1 fully saturated rings. The van der Waals surface area contributed by atoms with E-state index in [1.165, 1.54) is 55.5 Å². The lowest BCUT2D eigenvalue weighted by Crippen LogP contribution is -2.59. The van der Waals surface area contributed by atoms with Crippen LogP contribution in [0, 0.1) is 5.92 Å². The molecule has 1 aliphatic rings. The topological polar surface area (TPSA) is 391 Å². The van der Waals surface area contributed by atoms with Gasteiger partial charge in [-0.2, -0.15) is 0 Å². The van der Waals surface area contributed by atoms with E-state index in [9.17, 15) is 73.2 Å². The fourth-order valence-electron chi connectivity index (χ4n) is 6.63. The van der Waals surface area contributed by atoms with Crippen molar-refractivity contribution in [2.24, 2.45) is 11.7 Å². The molecule has 14 N–H and O–H groups in total. The van der Waals surface area contributed by atoms with Crippen molar-refractivity contribution in [3.63, 3.8) is 0 Å². The molecule has 0 saturated carbocycles. The van der Waals surface area contributed by atoms with Gasteiger partial charge in [0.25, 0.3) is 0 Å². The summed E-state index contributed by atoms with van der Waals surface area (Å²) in [6.07, 6.45) is -3.83. The predicted octanol–water partition coefficient (Wildman–Crippen LogP) is -2.92. The third kappa shape index (κ3) is 18.7. The van der Waals surface area contributed by atoms with Gasteiger partial charge in [0.05, 0.1) is 13.0 Å². The zero-order chi connectivity index (χ0) is 50.0. The average molecular weight is 940 g/mol. The Morgan fingerprint density at radius 1 is 0.597 bits per heavy atom. The number of benzene rings is 2. The normalized spacial score (nSPS) is 23.5. The number of amides is 9. The second kappa shape index (κ2) is 25.6. The van der Waals surface area contributed by atoms with Crippen LogP contribution in [-0.4, -0.2) is 134 Å². The van der Waals surface area contributed by atoms with Crippen molar-refractivity contribution in [3.05, 3.63) is 59.7 Å². The highest BCUT2D eigenvalue weighted by atomic mass is 16.4. The van der Waals surface area contributed by atoms with Crippen LogP contribution in [0.4, 0.5) is 0 Å². The average Bonchev–Trinajstić information content (AvgIpc) is 3.25. The monoisotopic (exact) mass is 939 g/mol. The van der Waals surface area contributed by atoms with E-state index in [1.807, 2.05) is 0 Å². The Labute approximate surface area is 383 Å². The smallest absolute Gasteiger partial charge is 0.305 e. The quantitative estimate of drug-likeness (QED) is 0.101. The lowest BCUT2D eigenvalue weighted by Gasteiger charge is -2.27. The van der Waals surface area contributed by atoms with Gasteiger partial charge in [-0.05, 0) is 67.5 Å². The van der Waals surface area contributed by atoms with E-state index < -0.39 is 146 Å². The van der Waals surface area contributed by atoms with Gasteiger partial charge < -0.3 is 68.7 Å². The van der Waals surface area contributed by atoms with Crippen molar-refractivity contribution in [1.29, 1.82) is 0 Å². The number of carboxylic acids is 2. The zero-order valence-corrected chi connectivity index (χ0v) is 37.0. The number of nitrogens with two attached hydrogens (primary N) is 1. The first-order valence-electron chi connectivity index (χ1n) is 21.2. The molecule has 1 heterocycles. The Kier molecular flexibility index (Phi) is 20.5. The van der Waals surface area contributed by atoms with Gasteiger partial charge in [0.2, 0.25) is 53.2 Å². The molecule has 2 aromatic rings. The number of rotatable bonds is 12. The number of hydrogen-bond acceptors (Lipinski definition) is 13. The van der Waals surface area contributed by atoms with Crippen LogP contribution >= 0.6 is 0 Å². The van der Waals surface area contributed by atoms with E-state index in [2.05, 4.69) is 42.5 Å². The highest BCUT2D eigenvalue weighted by Crippen LogP contribution is 2.15. The molecule has 0 aliphatic carbocycles. The van der Waals surface area contributed by atoms with Gasteiger partial charge in [0, 0.05) is 25.7 Å². The highest BCUT2D eigenvalue weighted by molar-refractivity contribution is 5.98. The molecule has 1 aliphatic heterocycles. The lowest BCUT2D eigenvalue weighted by molar-refractivity contribution is -0.141. The lowest BCUT2D eigenvalue weighted by atomic mass is 10.0. The predicted molar refractivity (Wildman–Crippen MR) is 233 cm³/mol. The molecule has 7 atom stereocenters. The number of nitrogens with one attached hydrogen (secondary N) is 8. The van der Waals surface area contributed by atoms with Crippen molar-refractivity contribution in [3.8, 4) is 11.5 Å². The maximum Gasteiger partial charge on any atom is 0.305 e. The first-order chi connectivity index (χ1) is 31.5. The van der Waals surface area contributed by atoms with Crippen LogP contribution in [-0.2, 0) is 65.6 Å². The molecular formula is C43H57N9O15. The molecule has 2 aromatic carbocycles. The zero-order valence-electron chi connectivity index (χ0n) is 37.0. The Bertz CT molecular complexity index is 2150. The number of carboxylic acid groups (broad SMARTS) is 2. The van der Waals surface area contributed by atoms with Crippen LogP contribution in [0.25, 0.3) is 0 Å². The Morgan fingerprint density at radius 3 is 1.58 bits per heavy atom. The van der Waals surface area contributed by atoms with Crippen LogP contribution in [0.2, 0.25) is 0 Å². The number of carbonyl (C=O) groups is 11. The summed E-state index contributed by atoms with van der Waals surface area (Å²) in [4.78, 5) is 145. The summed E-state index contributed by atoms with van der Waals surface area (Å²) in [6, 6.07) is -0.0128. The van der Waals surface area contributed by atoms with Gasteiger partial charge in [0.15, 0.2) is 0 Å². The second-order valence-electron chi connectivity index (χ2n) is 16.3.